The Kier molecular flexibility index (Phi) is 9.93. The van der Waals surface area contributed by atoms with Gasteiger partial charge in [-0.2, -0.15) is 0 Å². The topological polar surface area (TPSA) is 346 Å². The number of rotatable bonds is 5. The number of carbonyl (C=O) groups is 4. The molecule has 11 N–H and O–H groups in total. The van der Waals surface area contributed by atoms with Crippen LogP contribution in [0.25, 0.3) is 11.1 Å². The molecule has 21 nitrogen and oxygen atoms in total. The van der Waals surface area contributed by atoms with Crippen molar-refractivity contribution in [3.8, 4) is 80.1 Å². The lowest BCUT2D eigenvalue weighted by Gasteiger charge is -2.39. The molecule has 22 heteroatoms. The average Bonchev–Trinajstić information content (AvgIpc) is 3.17. The van der Waals surface area contributed by atoms with Gasteiger partial charge in [-0.15, -0.1) is 0 Å². The lowest BCUT2D eigenvalue weighted by molar-refractivity contribution is -0.118. The molecule has 2 aliphatic heterocycles. The number of methoxy groups -OCH3 is 1. The zero-order chi connectivity index (χ0) is 40.9. The average molecular weight is 803 g/mol. The van der Waals surface area contributed by atoms with Crippen molar-refractivity contribution >= 4 is 35.9 Å². The van der Waals surface area contributed by atoms with Gasteiger partial charge in [-0.1, -0.05) is 0 Å². The van der Waals surface area contributed by atoms with Gasteiger partial charge >= 0.3 is 23.9 Å². The second-order valence-electron chi connectivity index (χ2n) is 11.8. The van der Waals surface area contributed by atoms with Crippen LogP contribution in [-0.2, 0) is 23.1 Å². The van der Waals surface area contributed by atoms with Crippen LogP contribution in [0.15, 0.2) is 36.4 Å². The van der Waals surface area contributed by atoms with Gasteiger partial charge in [-0.05, 0) is 36.4 Å². The third-order valence-corrected chi connectivity index (χ3v) is 9.25. The summed E-state index contributed by atoms with van der Waals surface area (Å²) >= 11 is 0.240. The zero-order valence-corrected chi connectivity index (χ0v) is 28.7. The highest BCUT2D eigenvalue weighted by molar-refractivity contribution is 7.95. The number of esters is 4. The molecule has 0 amide bonds. The standard InChI is InChI=1S/C34H26O21S/c1-50-18-7-12-21(27(45)25(18)43)20-11(6-17(39)24(42)26(20)44)33(49)52-28-19(8-51-32(12)48)55-56-34(54-31(47)10-4-15(37)23(41)16(38)5-10)29(28)53-30(46)9-2-13(35)22(40)14(36)3-9/h2-7,19,28-29,34-45H,8H2,1H3/t19?,28-,29?,34?/m1/s1. The summed E-state index contributed by atoms with van der Waals surface area (Å²) < 4.78 is 32.7. The number of aromatic hydroxyl groups is 11. The van der Waals surface area contributed by atoms with Crippen molar-refractivity contribution in [2.45, 2.75) is 23.7 Å². The van der Waals surface area contributed by atoms with Gasteiger partial charge in [0.25, 0.3) is 0 Å². The Morgan fingerprint density at radius 2 is 1.11 bits per heavy atom. The van der Waals surface area contributed by atoms with Crippen LogP contribution in [0.2, 0.25) is 0 Å². The molecule has 1 saturated heterocycles. The summed E-state index contributed by atoms with van der Waals surface area (Å²) in [6.45, 7) is -0.902. The van der Waals surface area contributed by atoms with E-state index in [1.165, 1.54) is 0 Å². The van der Waals surface area contributed by atoms with Gasteiger partial charge in [0.1, 0.15) is 12.7 Å². The Morgan fingerprint density at radius 1 is 0.625 bits per heavy atom. The van der Waals surface area contributed by atoms with E-state index in [0.717, 1.165) is 13.2 Å². The highest BCUT2D eigenvalue weighted by atomic mass is 32.2. The minimum atomic E-state index is -2.06. The normalized spacial score (nSPS) is 19.2. The second kappa shape index (κ2) is 14.5. The van der Waals surface area contributed by atoms with E-state index < -0.39 is 157 Å². The minimum absolute atomic E-state index is 0.240. The molecular formula is C34H26O21S. The van der Waals surface area contributed by atoms with E-state index in [-0.39, 0.29) is 12.0 Å². The van der Waals surface area contributed by atoms with Crippen LogP contribution in [0, 0.1) is 0 Å². The number of carbonyl (C=O) groups excluding carboxylic acids is 4. The first-order chi connectivity index (χ1) is 26.4. The van der Waals surface area contributed by atoms with E-state index >= 15 is 0 Å². The molecule has 0 spiro atoms. The van der Waals surface area contributed by atoms with E-state index in [0.29, 0.717) is 30.3 Å². The van der Waals surface area contributed by atoms with Crippen molar-refractivity contribution in [2.75, 3.05) is 13.7 Å². The van der Waals surface area contributed by atoms with Crippen molar-refractivity contribution in [3.63, 3.8) is 0 Å². The number of phenols is 11. The molecule has 0 saturated carbocycles. The van der Waals surface area contributed by atoms with Gasteiger partial charge in [0, 0.05) is 23.2 Å². The first-order valence-electron chi connectivity index (χ1n) is 15.5. The molecule has 56 heavy (non-hydrogen) atoms. The summed E-state index contributed by atoms with van der Waals surface area (Å²) in [6.07, 6.45) is -5.78. The monoisotopic (exact) mass is 802 g/mol. The molecule has 4 atom stereocenters. The summed E-state index contributed by atoms with van der Waals surface area (Å²) in [5.74, 6) is -18.0. The van der Waals surface area contributed by atoms with Crippen LogP contribution < -0.4 is 4.74 Å². The molecule has 4 aromatic rings. The van der Waals surface area contributed by atoms with Gasteiger partial charge in [-0.25, -0.2) is 19.2 Å². The summed E-state index contributed by atoms with van der Waals surface area (Å²) in [4.78, 5) is 54.5. The number of hydrogen-bond acceptors (Lipinski definition) is 22. The molecule has 4 aromatic carbocycles. The number of ether oxygens (including phenoxy) is 5. The third kappa shape index (κ3) is 6.68. The predicted octanol–water partition coefficient (Wildman–Crippen LogP) is 2.28. The largest absolute Gasteiger partial charge is 0.504 e. The quantitative estimate of drug-likeness (QED) is 0.0596. The van der Waals surface area contributed by atoms with Crippen LogP contribution in [0.3, 0.4) is 0 Å². The zero-order valence-electron chi connectivity index (χ0n) is 27.9. The third-order valence-electron chi connectivity index (χ3n) is 8.33. The molecule has 0 aliphatic carbocycles. The molecule has 1 fully saturated rings. The Morgan fingerprint density at radius 3 is 1.64 bits per heavy atom. The fraction of sp³-hybridized carbons (Fsp3) is 0.176. The molecule has 0 bridgehead atoms. The van der Waals surface area contributed by atoms with Gasteiger partial charge in [0.2, 0.25) is 16.9 Å². The predicted molar refractivity (Wildman–Crippen MR) is 180 cm³/mol. The molecule has 2 heterocycles. The maximum absolute atomic E-state index is 14.1. The maximum Gasteiger partial charge on any atom is 0.339 e. The fourth-order valence-electron chi connectivity index (χ4n) is 5.57. The second-order valence-corrected chi connectivity index (χ2v) is 12.6. The fourth-order valence-corrected chi connectivity index (χ4v) is 6.44. The Labute approximate surface area is 315 Å². The van der Waals surface area contributed by atoms with Gasteiger partial charge < -0.3 is 84.0 Å². The number of phenolic OH excluding ortho intramolecular Hbond substituents is 11. The number of hydrogen-bond donors (Lipinski definition) is 11. The minimum Gasteiger partial charge on any atom is -0.504 e. The molecule has 294 valence electrons. The van der Waals surface area contributed by atoms with Crippen LogP contribution >= 0.6 is 12.0 Å². The van der Waals surface area contributed by atoms with Gasteiger partial charge in [0.15, 0.2) is 69.7 Å². The van der Waals surface area contributed by atoms with E-state index in [1.807, 2.05) is 0 Å². The van der Waals surface area contributed by atoms with Gasteiger partial charge in [-0.3, -0.25) is 0 Å². The van der Waals surface area contributed by atoms with Crippen LogP contribution in [0.1, 0.15) is 41.4 Å². The molecule has 0 radical (unpaired) electrons. The van der Waals surface area contributed by atoms with Crippen molar-refractivity contribution in [2.24, 2.45) is 0 Å². The molecule has 6 rings (SSSR count). The van der Waals surface area contributed by atoms with Crippen molar-refractivity contribution < 1.29 is 103 Å². The smallest absolute Gasteiger partial charge is 0.339 e. The van der Waals surface area contributed by atoms with Crippen LogP contribution in [0.4, 0.5) is 0 Å². The Bertz CT molecular complexity index is 2280. The van der Waals surface area contributed by atoms with E-state index in [4.69, 9.17) is 27.9 Å². The SMILES string of the molecule is COc1cc2c(c(O)c1O)-c1c(cc(O)c(O)c1O)C(=O)O[C@@H]1C(COC2=O)OSC(OC(=O)c2cc(O)c(O)c(O)c2)C1OC(=O)c1cc(O)c(O)c(O)c1. The van der Waals surface area contributed by atoms with Crippen LogP contribution in [0.5, 0.6) is 69.0 Å². The lowest BCUT2D eigenvalue weighted by atomic mass is 9.92. The number of fused-ring (bicyclic) bond motifs is 4. The first kappa shape index (κ1) is 38.4. The maximum atomic E-state index is 14.1. The van der Waals surface area contributed by atoms with E-state index in [1.54, 1.807) is 0 Å². The van der Waals surface area contributed by atoms with Crippen molar-refractivity contribution in [3.05, 3.63) is 58.7 Å². The number of benzene rings is 4. The Hall–Kier alpha value is -7.33. The molecule has 2 aliphatic rings. The number of cyclic esters (lactones) is 1. The van der Waals surface area contributed by atoms with E-state index in [9.17, 15) is 75.3 Å². The van der Waals surface area contributed by atoms with Crippen molar-refractivity contribution in [1.82, 2.24) is 0 Å². The first-order valence-corrected chi connectivity index (χ1v) is 16.3. The summed E-state index contributed by atoms with van der Waals surface area (Å²) in [6, 6.07) is 4.09. The van der Waals surface area contributed by atoms with Gasteiger partial charge in [0.05, 0.1) is 29.4 Å². The molecular weight excluding hydrogens is 776 g/mol. The summed E-state index contributed by atoms with van der Waals surface area (Å²) in [5.41, 5.74) is -6.44. The van der Waals surface area contributed by atoms with E-state index in [2.05, 4.69) is 0 Å². The Balaban J connectivity index is 1.49. The highest BCUT2D eigenvalue weighted by Crippen LogP contribution is 2.53. The molecule has 0 aromatic heterocycles. The summed E-state index contributed by atoms with van der Waals surface area (Å²) in [7, 11) is 1.06. The lowest BCUT2D eigenvalue weighted by Crippen LogP contribution is -2.55. The van der Waals surface area contributed by atoms with Crippen LogP contribution in [-0.4, -0.2) is 118 Å². The summed E-state index contributed by atoms with van der Waals surface area (Å²) in [5, 5.41) is 113. The highest BCUT2D eigenvalue weighted by Gasteiger charge is 2.50. The molecule has 3 unspecified atom stereocenters. The van der Waals surface area contributed by atoms with Crippen molar-refractivity contribution in [1.29, 1.82) is 0 Å².